The molecule has 0 aliphatic heterocycles. The second kappa shape index (κ2) is 32.0. The molecule has 0 saturated carbocycles. The predicted molar refractivity (Wildman–Crippen MR) is 371 cm³/mol. The van der Waals surface area contributed by atoms with Crippen molar-refractivity contribution in [2.24, 2.45) is 0 Å². The molecule has 0 bridgehead atoms. The third-order valence-corrected chi connectivity index (χ3v) is 27.7. The molecular weight excluding hydrogens is 1150 g/mol. The molecule has 0 N–H and O–H groups in total. The summed E-state index contributed by atoms with van der Waals surface area (Å²) in [4.78, 5) is 0. The van der Waals surface area contributed by atoms with Gasteiger partial charge < -0.3 is 0 Å². The number of hydrogen-bond donors (Lipinski definition) is 0. The van der Waals surface area contributed by atoms with Crippen molar-refractivity contribution in [1.29, 1.82) is 0 Å². The number of benzene rings is 12. The second-order valence-corrected chi connectivity index (χ2v) is 30.8. The van der Waals surface area contributed by atoms with Crippen LogP contribution in [0.1, 0.15) is 0 Å². The molecule has 0 saturated heterocycles. The third kappa shape index (κ3) is 15.8. The van der Waals surface area contributed by atoms with E-state index in [1.165, 1.54) is 88.9 Å². The second-order valence-electron chi connectivity index (χ2n) is 20.4. The van der Waals surface area contributed by atoms with Crippen molar-refractivity contribution in [3.8, 4) is 0 Å². The first-order chi connectivity index (χ1) is 40.3. The molecule has 405 valence electrons. The summed E-state index contributed by atoms with van der Waals surface area (Å²) >= 11 is 0. The maximum Gasteiger partial charge on any atom is 0.108 e. The zero-order chi connectivity index (χ0) is 55.0. The van der Waals surface area contributed by atoms with Crippen molar-refractivity contribution in [1.82, 2.24) is 0 Å². The van der Waals surface area contributed by atoms with Gasteiger partial charge in [-0.25, -0.2) is 0 Å². The smallest absolute Gasteiger partial charge is 0.108 e. The molecule has 0 nitrogen and oxygen atoms in total. The average Bonchev–Trinajstić information content (AvgIpc) is 3.63. The van der Waals surface area contributed by atoms with E-state index in [1.54, 1.807) is 0 Å². The summed E-state index contributed by atoms with van der Waals surface area (Å²) in [5.41, 5.74) is 5.36. The molecule has 0 heterocycles. The Morgan fingerprint density at radius 3 is 0.390 bits per heavy atom. The standard InChI is InChI=1S/2C26H24P2.C24H20B.Rh/c2*1-5-13-23(14-6-1)27(24-15-7-2-8-16-24)21-22-28(25-17-9-3-10-18-25)26-19-11-4-12-20-26;1-5-13-21(14-6-1)25(22-15-7-2-8-16-22,23-17-9-3-10-18-23)24-19-11-4-12-20-24;/h2*1-20H,21-22H2;1-20H;/q;;-1;/p+4. The van der Waals surface area contributed by atoms with Crippen molar-refractivity contribution in [2.75, 3.05) is 24.6 Å². The fourth-order valence-corrected chi connectivity index (χ4v) is 24.0. The maximum atomic E-state index is 2.32. The van der Waals surface area contributed by atoms with E-state index < -0.39 is 37.8 Å². The molecule has 0 fully saturated rings. The van der Waals surface area contributed by atoms with E-state index in [-0.39, 0.29) is 19.5 Å². The van der Waals surface area contributed by atoms with Crippen molar-refractivity contribution in [3.63, 3.8) is 0 Å². The van der Waals surface area contributed by atoms with Crippen LogP contribution in [0.5, 0.6) is 0 Å². The van der Waals surface area contributed by atoms with Crippen LogP contribution in [-0.2, 0) is 19.5 Å². The Labute approximate surface area is 506 Å². The van der Waals surface area contributed by atoms with Crippen LogP contribution in [0.4, 0.5) is 0 Å². The van der Waals surface area contributed by atoms with Gasteiger partial charge in [0.25, 0.3) is 0 Å². The minimum absolute atomic E-state index is 0. The minimum Gasteiger partial charge on any atom is -0.195 e. The number of rotatable bonds is 18. The molecule has 0 amide bonds. The quantitative estimate of drug-likeness (QED) is 0.0593. The molecule has 0 aliphatic carbocycles. The van der Waals surface area contributed by atoms with Gasteiger partial charge in [0, 0.05) is 19.5 Å². The first-order valence-electron chi connectivity index (χ1n) is 28.5. The normalized spacial score (nSPS) is 11.0. The van der Waals surface area contributed by atoms with Crippen LogP contribution in [-0.4, -0.2) is 30.8 Å². The molecule has 82 heavy (non-hydrogen) atoms. The van der Waals surface area contributed by atoms with E-state index in [1.807, 2.05) is 0 Å². The van der Waals surface area contributed by atoms with Gasteiger partial charge in [0.15, 0.2) is 0 Å². The molecular formula is C76H72BP4Rh+3. The molecule has 0 atom stereocenters. The summed E-state index contributed by atoms with van der Waals surface area (Å²) in [6, 6.07) is 133. The first kappa shape index (κ1) is 59.7. The van der Waals surface area contributed by atoms with Gasteiger partial charge in [0.05, 0.1) is 74.1 Å². The van der Waals surface area contributed by atoms with E-state index in [0.29, 0.717) is 0 Å². The molecule has 0 aromatic heterocycles. The van der Waals surface area contributed by atoms with Gasteiger partial charge in [-0.2, -0.15) is 21.9 Å². The summed E-state index contributed by atoms with van der Waals surface area (Å²) < 4.78 is 0. The van der Waals surface area contributed by atoms with Gasteiger partial charge in [-0.15, -0.1) is 0 Å². The van der Waals surface area contributed by atoms with Gasteiger partial charge in [0.1, 0.15) is 30.8 Å². The van der Waals surface area contributed by atoms with Crippen LogP contribution in [0.3, 0.4) is 0 Å². The van der Waals surface area contributed by atoms with Crippen LogP contribution in [0.15, 0.2) is 364 Å². The van der Waals surface area contributed by atoms with Crippen LogP contribution in [0.2, 0.25) is 0 Å². The fraction of sp³-hybridized carbons (Fsp3) is 0.0526. The van der Waals surface area contributed by atoms with E-state index in [9.17, 15) is 0 Å². The van der Waals surface area contributed by atoms with Crippen molar-refractivity contribution >= 4 is 102 Å². The average molecular weight is 1220 g/mol. The summed E-state index contributed by atoms with van der Waals surface area (Å²) in [6.45, 7) is 0. The third-order valence-electron chi connectivity index (χ3n) is 15.4. The zero-order valence-electron chi connectivity index (χ0n) is 46.4. The monoisotopic (exact) mass is 1220 g/mol. The summed E-state index contributed by atoms with van der Waals surface area (Å²) in [5, 5.41) is 12.1. The summed E-state index contributed by atoms with van der Waals surface area (Å²) in [6.07, 6.45) is 3.83. The fourth-order valence-electron chi connectivity index (χ4n) is 11.6. The molecule has 12 aromatic carbocycles. The number of hydrogen-bond acceptors (Lipinski definition) is 0. The van der Waals surface area contributed by atoms with Gasteiger partial charge in [-0.1, -0.05) is 267 Å². The van der Waals surface area contributed by atoms with Crippen LogP contribution in [0, 0.1) is 0 Å². The molecule has 0 spiro atoms. The molecule has 0 unspecified atom stereocenters. The van der Waals surface area contributed by atoms with Gasteiger partial charge in [-0.3, -0.25) is 0 Å². The topological polar surface area (TPSA) is 0 Å². The maximum absolute atomic E-state index is 2.32. The Balaban J connectivity index is 0.000000148. The van der Waals surface area contributed by atoms with Gasteiger partial charge >= 0.3 is 0 Å². The molecule has 6 heteroatoms. The van der Waals surface area contributed by atoms with Gasteiger partial charge in [0.2, 0.25) is 0 Å². The Morgan fingerprint density at radius 1 is 0.159 bits per heavy atom. The Kier molecular flexibility index (Phi) is 23.3. The predicted octanol–water partition coefficient (Wildman–Crippen LogP) is 12.5. The Morgan fingerprint density at radius 2 is 0.268 bits per heavy atom. The Hall–Kier alpha value is -6.95. The Bertz CT molecular complexity index is 2970. The van der Waals surface area contributed by atoms with Crippen LogP contribution in [0.25, 0.3) is 0 Å². The van der Waals surface area contributed by atoms with Gasteiger partial charge in [-0.05, 0) is 97.1 Å². The largest absolute Gasteiger partial charge is 0.195 e. The van der Waals surface area contributed by atoms with E-state index >= 15 is 0 Å². The summed E-state index contributed by atoms with van der Waals surface area (Å²) in [7, 11) is -3.13. The summed E-state index contributed by atoms with van der Waals surface area (Å²) in [5.74, 6) is 0. The minimum atomic E-state index is -1.22. The SMILES string of the molecule is [Rh].c1ccc([B-](c2ccccc2)(c2ccccc2)c2ccccc2)cc1.c1ccc([PH+](CC[PH+](c2ccccc2)c2ccccc2)c2ccccc2)cc1.c1ccc([PH+](CC[PH+](c2ccccc2)c2ccccc2)c2ccccc2)cc1. The van der Waals surface area contributed by atoms with Crippen molar-refractivity contribution in [3.05, 3.63) is 364 Å². The molecule has 1 radical (unpaired) electrons. The van der Waals surface area contributed by atoms with Crippen LogP contribution >= 0.6 is 31.7 Å². The van der Waals surface area contributed by atoms with Crippen molar-refractivity contribution in [2.45, 2.75) is 0 Å². The first-order valence-corrected chi connectivity index (χ1v) is 35.3. The molecule has 12 aromatic rings. The van der Waals surface area contributed by atoms with Crippen LogP contribution < -0.4 is 64.3 Å². The van der Waals surface area contributed by atoms with E-state index in [4.69, 9.17) is 0 Å². The zero-order valence-corrected chi connectivity index (χ0v) is 52.0. The molecule has 12 rings (SSSR count). The molecule has 0 aliphatic rings. The van der Waals surface area contributed by atoms with E-state index in [2.05, 4.69) is 364 Å². The van der Waals surface area contributed by atoms with Crippen molar-refractivity contribution < 1.29 is 19.5 Å². The van der Waals surface area contributed by atoms with E-state index in [0.717, 1.165) is 0 Å².